The molecule has 0 spiro atoms. The smallest absolute Gasteiger partial charge is 0.0460 e. The average Bonchev–Trinajstić information content (AvgIpc) is 2.63. The molecule has 1 unspecified atom stereocenters. The maximum atomic E-state index is 3.73. The SMILES string of the molecule is CCCNC1CCCCc2[nH]c3ccc(Br)cc3c21. The van der Waals surface area contributed by atoms with Gasteiger partial charge < -0.3 is 10.3 Å². The fraction of sp³-hybridized carbons (Fsp3) is 0.500. The van der Waals surface area contributed by atoms with E-state index < -0.39 is 0 Å². The second-order valence-corrected chi connectivity index (χ2v) is 6.38. The molecule has 0 saturated heterocycles. The summed E-state index contributed by atoms with van der Waals surface area (Å²) in [5.74, 6) is 0. The van der Waals surface area contributed by atoms with Crippen molar-refractivity contribution in [3.05, 3.63) is 33.9 Å². The van der Waals surface area contributed by atoms with Crippen molar-refractivity contribution in [2.24, 2.45) is 0 Å². The molecule has 19 heavy (non-hydrogen) atoms. The lowest BCUT2D eigenvalue weighted by Crippen LogP contribution is -2.22. The number of hydrogen-bond donors (Lipinski definition) is 2. The van der Waals surface area contributed by atoms with Gasteiger partial charge in [0, 0.05) is 27.1 Å². The van der Waals surface area contributed by atoms with Crippen molar-refractivity contribution >= 4 is 26.8 Å². The zero-order chi connectivity index (χ0) is 13.2. The van der Waals surface area contributed by atoms with Gasteiger partial charge in [-0.15, -0.1) is 0 Å². The van der Waals surface area contributed by atoms with Gasteiger partial charge in [0.1, 0.15) is 0 Å². The Morgan fingerprint density at radius 2 is 2.26 bits per heavy atom. The molecule has 2 aromatic rings. The first-order chi connectivity index (χ1) is 9.29. The van der Waals surface area contributed by atoms with Crippen molar-refractivity contribution in [3.63, 3.8) is 0 Å². The van der Waals surface area contributed by atoms with Crippen LogP contribution in [0.3, 0.4) is 0 Å². The number of aromatic amines is 1. The lowest BCUT2D eigenvalue weighted by molar-refractivity contribution is 0.492. The molecule has 1 aromatic carbocycles. The Kier molecular flexibility index (Phi) is 3.94. The molecule has 0 saturated carbocycles. The number of benzene rings is 1. The Morgan fingerprint density at radius 1 is 1.37 bits per heavy atom. The molecule has 1 aliphatic rings. The predicted octanol–water partition coefficient (Wildman–Crippen LogP) is 4.70. The van der Waals surface area contributed by atoms with Crippen LogP contribution in [-0.4, -0.2) is 11.5 Å². The molecule has 102 valence electrons. The maximum Gasteiger partial charge on any atom is 0.0460 e. The minimum atomic E-state index is 0.514. The Morgan fingerprint density at radius 3 is 3.11 bits per heavy atom. The first-order valence-corrected chi connectivity index (χ1v) is 8.12. The summed E-state index contributed by atoms with van der Waals surface area (Å²) in [6, 6.07) is 7.08. The van der Waals surface area contributed by atoms with Crippen LogP contribution >= 0.6 is 15.9 Å². The van der Waals surface area contributed by atoms with Crippen LogP contribution in [0.15, 0.2) is 22.7 Å². The van der Waals surface area contributed by atoms with E-state index in [2.05, 4.69) is 51.4 Å². The number of H-pyrrole nitrogens is 1. The number of aryl methyl sites for hydroxylation is 1. The summed E-state index contributed by atoms with van der Waals surface area (Å²) in [5, 5.41) is 5.12. The van der Waals surface area contributed by atoms with Gasteiger partial charge in [-0.2, -0.15) is 0 Å². The predicted molar refractivity (Wildman–Crippen MR) is 84.6 cm³/mol. The molecule has 0 fully saturated rings. The van der Waals surface area contributed by atoms with Gasteiger partial charge in [0.2, 0.25) is 0 Å². The molecular weight excluding hydrogens is 300 g/mol. The van der Waals surface area contributed by atoms with Gasteiger partial charge in [-0.05, 0) is 56.0 Å². The van der Waals surface area contributed by atoms with E-state index >= 15 is 0 Å². The number of fused-ring (bicyclic) bond motifs is 3. The first kappa shape index (κ1) is 13.2. The highest BCUT2D eigenvalue weighted by Crippen LogP contribution is 2.35. The third kappa shape index (κ3) is 2.59. The van der Waals surface area contributed by atoms with Crippen LogP contribution in [0.25, 0.3) is 10.9 Å². The minimum Gasteiger partial charge on any atom is -0.358 e. The molecule has 2 N–H and O–H groups in total. The lowest BCUT2D eigenvalue weighted by atomic mass is 10.0. The molecule has 1 aliphatic carbocycles. The minimum absolute atomic E-state index is 0.514. The van der Waals surface area contributed by atoms with E-state index in [0.717, 1.165) is 6.54 Å². The fourth-order valence-corrected chi connectivity index (χ4v) is 3.51. The monoisotopic (exact) mass is 320 g/mol. The summed E-state index contributed by atoms with van der Waals surface area (Å²) in [6.07, 6.45) is 6.25. The summed E-state index contributed by atoms with van der Waals surface area (Å²) >= 11 is 3.60. The second kappa shape index (κ2) is 5.68. The first-order valence-electron chi connectivity index (χ1n) is 7.33. The van der Waals surface area contributed by atoms with Gasteiger partial charge >= 0.3 is 0 Å². The molecule has 1 heterocycles. The van der Waals surface area contributed by atoms with Gasteiger partial charge in [-0.3, -0.25) is 0 Å². The van der Waals surface area contributed by atoms with Gasteiger partial charge in [0.15, 0.2) is 0 Å². The van der Waals surface area contributed by atoms with E-state index in [1.807, 2.05) is 0 Å². The van der Waals surface area contributed by atoms with E-state index in [1.54, 1.807) is 0 Å². The third-order valence-electron chi connectivity index (χ3n) is 4.04. The zero-order valence-corrected chi connectivity index (χ0v) is 13.0. The van der Waals surface area contributed by atoms with Gasteiger partial charge in [-0.1, -0.05) is 29.3 Å². The van der Waals surface area contributed by atoms with E-state index in [4.69, 9.17) is 0 Å². The van der Waals surface area contributed by atoms with Gasteiger partial charge in [0.05, 0.1) is 0 Å². The molecule has 3 rings (SSSR count). The molecule has 0 aliphatic heterocycles. The van der Waals surface area contributed by atoms with Crippen molar-refractivity contribution in [2.45, 2.75) is 45.1 Å². The summed E-state index contributed by atoms with van der Waals surface area (Å²) in [4.78, 5) is 3.63. The van der Waals surface area contributed by atoms with Crippen LogP contribution in [0.5, 0.6) is 0 Å². The normalized spacial score (nSPS) is 19.4. The third-order valence-corrected chi connectivity index (χ3v) is 4.53. The molecule has 1 atom stereocenters. The number of rotatable bonds is 3. The summed E-state index contributed by atoms with van der Waals surface area (Å²) in [7, 11) is 0. The summed E-state index contributed by atoms with van der Waals surface area (Å²) in [6.45, 7) is 3.33. The van der Waals surface area contributed by atoms with E-state index in [9.17, 15) is 0 Å². The highest BCUT2D eigenvalue weighted by atomic mass is 79.9. The summed E-state index contributed by atoms with van der Waals surface area (Å²) in [5.41, 5.74) is 4.24. The van der Waals surface area contributed by atoms with Crippen LogP contribution in [0.2, 0.25) is 0 Å². The average molecular weight is 321 g/mol. The molecule has 0 radical (unpaired) electrons. The number of nitrogens with one attached hydrogen (secondary N) is 2. The standard InChI is InChI=1S/C16H21BrN2/c1-2-9-18-14-5-3-4-6-15-16(14)12-10-11(17)7-8-13(12)19-15/h7-8,10,14,18-19H,2-6,9H2,1H3. The maximum absolute atomic E-state index is 3.73. The second-order valence-electron chi connectivity index (χ2n) is 5.46. The van der Waals surface area contributed by atoms with Crippen LogP contribution < -0.4 is 5.32 Å². The molecule has 0 amide bonds. The number of aromatic nitrogens is 1. The molecule has 3 heteroatoms. The van der Waals surface area contributed by atoms with Gasteiger partial charge in [0.25, 0.3) is 0 Å². The Bertz CT molecular complexity index is 573. The van der Waals surface area contributed by atoms with Crippen molar-refractivity contribution < 1.29 is 0 Å². The Balaban J connectivity index is 2.08. The molecule has 2 nitrogen and oxygen atoms in total. The van der Waals surface area contributed by atoms with Crippen molar-refractivity contribution in [2.75, 3.05) is 6.54 Å². The van der Waals surface area contributed by atoms with Crippen LogP contribution in [-0.2, 0) is 6.42 Å². The van der Waals surface area contributed by atoms with E-state index in [-0.39, 0.29) is 0 Å². The summed E-state index contributed by atoms with van der Waals surface area (Å²) < 4.78 is 1.17. The van der Waals surface area contributed by atoms with Crippen molar-refractivity contribution in [1.82, 2.24) is 10.3 Å². The highest BCUT2D eigenvalue weighted by molar-refractivity contribution is 9.10. The molecular formula is C16H21BrN2. The lowest BCUT2D eigenvalue weighted by Gasteiger charge is -2.17. The van der Waals surface area contributed by atoms with E-state index in [0.29, 0.717) is 6.04 Å². The number of hydrogen-bond acceptors (Lipinski definition) is 1. The Hall–Kier alpha value is -0.800. The topological polar surface area (TPSA) is 27.8 Å². The largest absolute Gasteiger partial charge is 0.358 e. The van der Waals surface area contributed by atoms with E-state index in [1.165, 1.54) is 58.7 Å². The van der Waals surface area contributed by atoms with Crippen LogP contribution in [0, 0.1) is 0 Å². The highest BCUT2D eigenvalue weighted by Gasteiger charge is 2.22. The van der Waals surface area contributed by atoms with Crippen LogP contribution in [0.4, 0.5) is 0 Å². The molecule has 0 bridgehead atoms. The number of halogens is 1. The fourth-order valence-electron chi connectivity index (χ4n) is 3.15. The zero-order valence-electron chi connectivity index (χ0n) is 11.4. The van der Waals surface area contributed by atoms with Crippen LogP contribution in [0.1, 0.15) is 49.9 Å². The van der Waals surface area contributed by atoms with Gasteiger partial charge in [-0.25, -0.2) is 0 Å². The van der Waals surface area contributed by atoms with Crippen molar-refractivity contribution in [1.29, 1.82) is 0 Å². The Labute approximate surface area is 123 Å². The molecule has 1 aromatic heterocycles. The van der Waals surface area contributed by atoms with Crippen molar-refractivity contribution in [3.8, 4) is 0 Å². The quantitative estimate of drug-likeness (QED) is 0.788.